The third kappa shape index (κ3) is 7.17. The number of rotatable bonds is 7. The second kappa shape index (κ2) is 11.8. The van der Waals surface area contributed by atoms with Crippen molar-refractivity contribution < 1.29 is 19.5 Å². The van der Waals surface area contributed by atoms with Gasteiger partial charge >= 0.3 is 5.97 Å². The van der Waals surface area contributed by atoms with Gasteiger partial charge in [-0.05, 0) is 88.5 Å². The van der Waals surface area contributed by atoms with Crippen molar-refractivity contribution >= 4 is 29.4 Å². The van der Waals surface area contributed by atoms with Gasteiger partial charge in [-0.1, -0.05) is 51.6 Å². The number of hydrogen-bond acceptors (Lipinski definition) is 3. The molecule has 2 fully saturated rings. The Bertz CT molecular complexity index is 1320. The van der Waals surface area contributed by atoms with Crippen LogP contribution in [0, 0.1) is 18.8 Å². The van der Waals surface area contributed by atoms with Crippen LogP contribution in [0.4, 0.5) is 0 Å². The van der Waals surface area contributed by atoms with Crippen LogP contribution in [-0.2, 0) is 16.8 Å². The molecule has 7 nitrogen and oxygen atoms in total. The van der Waals surface area contributed by atoms with Crippen LogP contribution < -0.4 is 10.6 Å². The van der Waals surface area contributed by atoms with E-state index in [4.69, 9.17) is 11.6 Å². The van der Waals surface area contributed by atoms with Gasteiger partial charge in [-0.15, -0.1) is 0 Å². The van der Waals surface area contributed by atoms with Gasteiger partial charge < -0.3 is 20.3 Å². The van der Waals surface area contributed by atoms with Gasteiger partial charge in [-0.2, -0.15) is 0 Å². The normalized spacial score (nSPS) is 19.9. The zero-order valence-electron chi connectivity index (χ0n) is 25.6. The largest absolute Gasteiger partial charge is 0.481 e. The van der Waals surface area contributed by atoms with Gasteiger partial charge in [-0.3, -0.25) is 14.4 Å². The molecule has 2 aromatic rings. The number of amides is 2. The Kier molecular flexibility index (Phi) is 8.98. The first-order chi connectivity index (χ1) is 19.0. The molecule has 2 aliphatic rings. The number of carboxylic acid groups (broad SMARTS) is 1. The lowest BCUT2D eigenvalue weighted by Crippen LogP contribution is -2.46. The average molecular weight is 584 g/mol. The van der Waals surface area contributed by atoms with Crippen molar-refractivity contribution in [2.75, 3.05) is 0 Å². The van der Waals surface area contributed by atoms with Gasteiger partial charge in [0.05, 0.1) is 27.8 Å². The Morgan fingerprint density at radius 1 is 0.951 bits per heavy atom. The fraction of sp³-hybridized carbons (Fsp3) is 0.606. The van der Waals surface area contributed by atoms with Crippen molar-refractivity contribution in [2.24, 2.45) is 11.8 Å². The van der Waals surface area contributed by atoms with E-state index in [2.05, 4.69) is 42.0 Å². The Labute approximate surface area is 249 Å². The van der Waals surface area contributed by atoms with E-state index in [0.29, 0.717) is 34.9 Å². The maximum absolute atomic E-state index is 13.5. The van der Waals surface area contributed by atoms with E-state index in [-0.39, 0.29) is 23.3 Å². The SMILES string of the molecule is Cc1c(C(=O)N[C@H]2C[C@H](C(=O)O)C2)cc(-c2cc(C(C)(C)C)cc(C(=O)NC(C)(C)C)c2Cl)n1CC1CCCCC1. The molecule has 0 radical (unpaired) electrons. The molecule has 4 rings (SSSR count). The smallest absolute Gasteiger partial charge is 0.306 e. The second-order valence-corrected chi connectivity index (χ2v) is 14.5. The molecule has 41 heavy (non-hydrogen) atoms. The highest BCUT2D eigenvalue weighted by Crippen LogP contribution is 2.39. The standard InChI is InChI=1S/C33H46ClN3O4/c1-19-24(29(38)35-23-13-21(14-23)31(40)41)17-27(37(19)18-20-11-9-8-10-12-20)25-15-22(32(2,3)4)16-26(28(25)34)30(39)36-33(5,6)7/h15-17,20-21,23H,8-14,18H2,1-7H3,(H,35,38)(H,36,39)(H,40,41)/t21-,23-. The Morgan fingerprint density at radius 2 is 1.59 bits per heavy atom. The third-order valence-electron chi connectivity index (χ3n) is 8.55. The number of benzene rings is 1. The van der Waals surface area contributed by atoms with Crippen LogP contribution in [-0.4, -0.2) is 39.0 Å². The summed E-state index contributed by atoms with van der Waals surface area (Å²) in [6.07, 6.45) is 6.85. The molecule has 2 amide bonds. The molecular formula is C33H46ClN3O4. The lowest BCUT2D eigenvalue weighted by molar-refractivity contribution is -0.145. The minimum Gasteiger partial charge on any atom is -0.481 e. The molecule has 224 valence electrons. The van der Waals surface area contributed by atoms with Crippen molar-refractivity contribution in [1.29, 1.82) is 0 Å². The van der Waals surface area contributed by atoms with Gasteiger partial charge in [0.15, 0.2) is 0 Å². The Balaban J connectivity index is 1.80. The number of hydrogen-bond donors (Lipinski definition) is 3. The maximum atomic E-state index is 13.5. The fourth-order valence-corrected chi connectivity index (χ4v) is 6.27. The van der Waals surface area contributed by atoms with Crippen LogP contribution in [0.15, 0.2) is 18.2 Å². The summed E-state index contributed by atoms with van der Waals surface area (Å²) in [6, 6.07) is 5.71. The summed E-state index contributed by atoms with van der Waals surface area (Å²) in [7, 11) is 0. The van der Waals surface area contributed by atoms with Crippen LogP contribution in [0.1, 0.15) is 118 Å². The molecular weight excluding hydrogens is 538 g/mol. The van der Waals surface area contributed by atoms with Crippen LogP contribution in [0.25, 0.3) is 11.3 Å². The molecule has 0 spiro atoms. The average Bonchev–Trinajstić information content (AvgIpc) is 3.15. The molecule has 8 heteroatoms. The van der Waals surface area contributed by atoms with Crippen LogP contribution in [0.3, 0.4) is 0 Å². The van der Waals surface area contributed by atoms with Gasteiger partial charge in [-0.25, -0.2) is 0 Å². The first-order valence-corrected chi connectivity index (χ1v) is 15.3. The predicted molar refractivity (Wildman–Crippen MR) is 164 cm³/mol. The second-order valence-electron chi connectivity index (χ2n) is 14.2. The zero-order valence-corrected chi connectivity index (χ0v) is 26.4. The Hall–Kier alpha value is -2.80. The number of carbonyl (C=O) groups is 3. The Morgan fingerprint density at radius 3 is 2.15 bits per heavy atom. The summed E-state index contributed by atoms with van der Waals surface area (Å²) in [5.41, 5.74) is 3.73. The van der Waals surface area contributed by atoms with E-state index < -0.39 is 17.4 Å². The third-order valence-corrected chi connectivity index (χ3v) is 8.95. The van der Waals surface area contributed by atoms with E-state index >= 15 is 0 Å². The summed E-state index contributed by atoms with van der Waals surface area (Å²) in [5, 5.41) is 15.7. The summed E-state index contributed by atoms with van der Waals surface area (Å²) in [4.78, 5) is 38.2. The molecule has 2 saturated carbocycles. The minimum atomic E-state index is -0.813. The highest BCUT2D eigenvalue weighted by molar-refractivity contribution is 6.36. The number of aliphatic carboxylic acids is 1. The van der Waals surface area contributed by atoms with E-state index in [1.54, 1.807) is 0 Å². The molecule has 0 atom stereocenters. The van der Waals surface area contributed by atoms with E-state index in [0.717, 1.165) is 41.9 Å². The first-order valence-electron chi connectivity index (χ1n) is 15.0. The van der Waals surface area contributed by atoms with Crippen molar-refractivity contribution in [1.82, 2.24) is 15.2 Å². The predicted octanol–water partition coefficient (Wildman–Crippen LogP) is 7.12. The van der Waals surface area contributed by atoms with Gasteiger partial charge in [0, 0.05) is 29.4 Å². The maximum Gasteiger partial charge on any atom is 0.306 e. The van der Waals surface area contributed by atoms with Crippen LogP contribution in [0.5, 0.6) is 0 Å². The van der Waals surface area contributed by atoms with Gasteiger partial charge in [0.25, 0.3) is 11.8 Å². The summed E-state index contributed by atoms with van der Waals surface area (Å²) < 4.78 is 2.21. The molecule has 0 unspecified atom stereocenters. The van der Waals surface area contributed by atoms with Crippen molar-refractivity contribution in [3.8, 4) is 11.3 Å². The van der Waals surface area contributed by atoms with Crippen molar-refractivity contribution in [2.45, 2.75) is 117 Å². The number of carboxylic acids is 1. The molecule has 3 N–H and O–H groups in total. The van der Waals surface area contributed by atoms with Gasteiger partial charge in [0.2, 0.25) is 0 Å². The monoisotopic (exact) mass is 583 g/mol. The fourth-order valence-electron chi connectivity index (χ4n) is 5.98. The molecule has 1 aromatic heterocycles. The van der Waals surface area contributed by atoms with Gasteiger partial charge in [0.1, 0.15) is 0 Å². The van der Waals surface area contributed by atoms with E-state index in [1.165, 1.54) is 19.3 Å². The van der Waals surface area contributed by atoms with Crippen molar-refractivity contribution in [3.63, 3.8) is 0 Å². The summed E-state index contributed by atoms with van der Waals surface area (Å²) in [5.74, 6) is -1.14. The van der Waals surface area contributed by atoms with E-state index in [1.807, 2.05) is 39.8 Å². The van der Waals surface area contributed by atoms with E-state index in [9.17, 15) is 19.5 Å². The van der Waals surface area contributed by atoms with Crippen molar-refractivity contribution in [3.05, 3.63) is 45.6 Å². The molecule has 0 bridgehead atoms. The van der Waals surface area contributed by atoms with Crippen LogP contribution >= 0.6 is 11.6 Å². The topological polar surface area (TPSA) is 100 Å². The highest BCUT2D eigenvalue weighted by Gasteiger charge is 2.36. The minimum absolute atomic E-state index is 0.145. The molecule has 0 saturated heterocycles. The first kappa shape index (κ1) is 31.1. The number of aromatic nitrogens is 1. The number of nitrogens with zero attached hydrogens (tertiary/aromatic N) is 1. The quantitative estimate of drug-likeness (QED) is 0.323. The number of nitrogens with one attached hydrogen (secondary N) is 2. The highest BCUT2D eigenvalue weighted by atomic mass is 35.5. The summed E-state index contributed by atoms with van der Waals surface area (Å²) in [6.45, 7) is 14.9. The zero-order chi connectivity index (χ0) is 30.3. The number of halogens is 1. The molecule has 1 heterocycles. The lowest BCUT2D eigenvalue weighted by atomic mass is 9.80. The molecule has 0 aliphatic heterocycles. The van der Waals surface area contributed by atoms with Crippen LogP contribution in [0.2, 0.25) is 5.02 Å². The summed E-state index contributed by atoms with van der Waals surface area (Å²) >= 11 is 7.08. The molecule has 1 aromatic carbocycles. The molecule has 2 aliphatic carbocycles. The lowest BCUT2D eigenvalue weighted by Gasteiger charge is -2.32. The number of carbonyl (C=O) groups excluding carboxylic acids is 2.